The molecule has 6 heteroatoms. The van der Waals surface area contributed by atoms with Gasteiger partial charge < -0.3 is 19.6 Å². The van der Waals surface area contributed by atoms with Crippen molar-refractivity contribution in [3.63, 3.8) is 0 Å². The number of aliphatic hydroxyl groups is 1. The number of likely N-dealkylation sites (N-methyl/N-ethyl adjacent to an activating group) is 1. The summed E-state index contributed by atoms with van der Waals surface area (Å²) in [5.41, 5.74) is 1.34. The first-order chi connectivity index (χ1) is 14.5. The third-order valence-electron chi connectivity index (χ3n) is 7.04. The Hall–Kier alpha value is -1.11. The van der Waals surface area contributed by atoms with Crippen LogP contribution in [0.3, 0.4) is 0 Å². The fourth-order valence-electron chi connectivity index (χ4n) is 5.27. The number of aliphatic hydroxyl groups excluding tert-OH is 1. The van der Waals surface area contributed by atoms with Crippen LogP contribution in [-0.4, -0.2) is 66.8 Å². The second kappa shape index (κ2) is 11.5. The maximum Gasteiger partial charge on any atom is 0.248 e. The average molecular weight is 481 g/mol. The van der Waals surface area contributed by atoms with E-state index in [1.54, 1.807) is 7.11 Å². The van der Waals surface area contributed by atoms with Gasteiger partial charge in [-0.15, -0.1) is 0 Å². The minimum atomic E-state index is -0.365. The molecule has 1 saturated carbocycles. The van der Waals surface area contributed by atoms with E-state index in [-0.39, 0.29) is 12.5 Å². The smallest absolute Gasteiger partial charge is 0.248 e. The molecule has 1 N–H and O–H groups in total. The van der Waals surface area contributed by atoms with Crippen molar-refractivity contribution in [3.05, 3.63) is 28.2 Å². The molecule has 2 aliphatic rings. The van der Waals surface area contributed by atoms with Crippen molar-refractivity contribution < 1.29 is 14.6 Å². The van der Waals surface area contributed by atoms with E-state index in [1.807, 2.05) is 17.9 Å². The van der Waals surface area contributed by atoms with Crippen molar-refractivity contribution in [3.8, 4) is 5.75 Å². The van der Waals surface area contributed by atoms with Crippen molar-refractivity contribution in [1.82, 2.24) is 9.80 Å². The van der Waals surface area contributed by atoms with Gasteiger partial charge in [-0.1, -0.05) is 15.9 Å². The molecule has 0 bridgehead atoms. The summed E-state index contributed by atoms with van der Waals surface area (Å²) in [7, 11) is 1.72. The van der Waals surface area contributed by atoms with Crippen molar-refractivity contribution in [2.75, 3.05) is 39.9 Å². The Bertz CT molecular complexity index is 691. The van der Waals surface area contributed by atoms with Crippen LogP contribution in [0.5, 0.6) is 5.75 Å². The molecule has 1 aromatic rings. The Morgan fingerprint density at radius 1 is 1.23 bits per heavy atom. The predicted octanol–water partition coefficient (Wildman–Crippen LogP) is 4.11. The molecule has 30 heavy (non-hydrogen) atoms. The van der Waals surface area contributed by atoms with Crippen molar-refractivity contribution in [1.29, 1.82) is 0 Å². The lowest BCUT2D eigenvalue weighted by molar-refractivity contribution is -0.137. The topological polar surface area (TPSA) is 53.0 Å². The van der Waals surface area contributed by atoms with E-state index >= 15 is 0 Å². The number of amides is 1. The third-order valence-corrected chi connectivity index (χ3v) is 7.81. The number of nitrogens with zero attached hydrogens (tertiary/aromatic N) is 2. The largest absolute Gasteiger partial charge is 0.497 e. The molecule has 1 saturated heterocycles. The number of benzene rings is 1. The van der Waals surface area contributed by atoms with E-state index in [4.69, 9.17) is 4.74 Å². The number of carbonyl (C=O) groups excluding carboxylic acids is 1. The molecule has 3 rings (SSSR count). The molecule has 1 aliphatic heterocycles. The predicted molar refractivity (Wildman–Crippen MR) is 124 cm³/mol. The lowest BCUT2D eigenvalue weighted by atomic mass is 9.83. The number of hydrogen-bond donors (Lipinski definition) is 1. The van der Waals surface area contributed by atoms with Crippen LogP contribution in [0.2, 0.25) is 0 Å². The lowest BCUT2D eigenvalue weighted by Crippen LogP contribution is -2.43. The van der Waals surface area contributed by atoms with Gasteiger partial charge >= 0.3 is 0 Å². The van der Waals surface area contributed by atoms with Crippen LogP contribution in [0.15, 0.2) is 22.7 Å². The van der Waals surface area contributed by atoms with Crippen molar-refractivity contribution in [2.24, 2.45) is 11.8 Å². The van der Waals surface area contributed by atoms with Gasteiger partial charge in [-0.2, -0.15) is 0 Å². The number of rotatable bonds is 9. The summed E-state index contributed by atoms with van der Waals surface area (Å²) in [6, 6.07) is 6.57. The first kappa shape index (κ1) is 23.6. The summed E-state index contributed by atoms with van der Waals surface area (Å²) in [6.45, 7) is 5.93. The highest BCUT2D eigenvalue weighted by Crippen LogP contribution is 2.32. The molecule has 1 heterocycles. The van der Waals surface area contributed by atoms with Crippen LogP contribution in [0.1, 0.15) is 51.0 Å². The fraction of sp³-hybridized carbons (Fsp3) is 0.708. The fourth-order valence-corrected chi connectivity index (χ4v) is 5.68. The lowest BCUT2D eigenvalue weighted by Gasteiger charge is -2.36. The minimum absolute atomic E-state index is 0.119. The second-order valence-corrected chi connectivity index (χ2v) is 9.77. The molecule has 5 nitrogen and oxygen atoms in total. The van der Waals surface area contributed by atoms with Crippen LogP contribution in [0.25, 0.3) is 0 Å². The highest BCUT2D eigenvalue weighted by molar-refractivity contribution is 9.10. The van der Waals surface area contributed by atoms with E-state index in [2.05, 4.69) is 33.0 Å². The molecule has 0 aromatic heterocycles. The molecule has 1 unspecified atom stereocenters. The van der Waals surface area contributed by atoms with Gasteiger partial charge in [0.25, 0.3) is 0 Å². The zero-order valence-electron chi connectivity index (χ0n) is 18.5. The third kappa shape index (κ3) is 6.21. The van der Waals surface area contributed by atoms with Gasteiger partial charge in [0.1, 0.15) is 12.4 Å². The summed E-state index contributed by atoms with van der Waals surface area (Å²) in [5, 5.41) is 9.17. The quantitative estimate of drug-likeness (QED) is 0.577. The zero-order chi connectivity index (χ0) is 21.5. The molecule has 168 valence electrons. The summed E-state index contributed by atoms with van der Waals surface area (Å²) >= 11 is 3.69. The number of hydrogen-bond acceptors (Lipinski definition) is 4. The Morgan fingerprint density at radius 3 is 2.67 bits per heavy atom. The van der Waals surface area contributed by atoms with Crippen LogP contribution >= 0.6 is 15.9 Å². The van der Waals surface area contributed by atoms with Gasteiger partial charge in [0, 0.05) is 23.6 Å². The number of methoxy groups -OCH3 is 1. The maximum absolute atomic E-state index is 11.9. The van der Waals surface area contributed by atoms with Crippen LogP contribution < -0.4 is 4.74 Å². The van der Waals surface area contributed by atoms with Gasteiger partial charge in [-0.3, -0.25) is 4.79 Å². The monoisotopic (exact) mass is 480 g/mol. The molecule has 1 aromatic carbocycles. The Labute approximate surface area is 189 Å². The summed E-state index contributed by atoms with van der Waals surface area (Å²) in [4.78, 5) is 16.4. The SMILES string of the molecule is CCN(C(=O)CO)[C@H]1CC[C@H](CCN2CCC(Cc3cc(OC)ccc3Br)C2)CC1. The molecule has 1 atom stereocenters. The number of carbonyl (C=O) groups is 1. The zero-order valence-corrected chi connectivity index (χ0v) is 20.1. The number of likely N-dealkylation sites (tertiary alicyclic amines) is 1. The highest BCUT2D eigenvalue weighted by Gasteiger charge is 2.29. The maximum atomic E-state index is 11.9. The molecular weight excluding hydrogens is 444 g/mol. The van der Waals surface area contributed by atoms with Gasteiger partial charge in [0.2, 0.25) is 5.91 Å². The van der Waals surface area contributed by atoms with Gasteiger partial charge in [0.05, 0.1) is 7.11 Å². The van der Waals surface area contributed by atoms with Gasteiger partial charge in [0.15, 0.2) is 0 Å². The van der Waals surface area contributed by atoms with Crippen molar-refractivity contribution >= 4 is 21.8 Å². The standard InChI is InChI=1S/C24H37BrN2O3/c1-3-27(24(29)17-28)21-6-4-18(5-7-21)10-12-26-13-11-19(16-26)14-20-15-22(30-2)8-9-23(20)25/h8-9,15,18-19,21,28H,3-7,10-14,16-17H2,1-2H3/t18-,19?,21-. The highest BCUT2D eigenvalue weighted by atomic mass is 79.9. The number of ether oxygens (including phenoxy) is 1. The minimum Gasteiger partial charge on any atom is -0.497 e. The molecular formula is C24H37BrN2O3. The Balaban J connectivity index is 1.39. The molecule has 1 aliphatic carbocycles. The van der Waals surface area contributed by atoms with Crippen LogP contribution in [-0.2, 0) is 11.2 Å². The van der Waals surface area contributed by atoms with E-state index in [9.17, 15) is 9.90 Å². The molecule has 0 radical (unpaired) electrons. The van der Waals surface area contributed by atoms with E-state index in [0.29, 0.717) is 18.5 Å². The van der Waals surface area contributed by atoms with Crippen LogP contribution in [0, 0.1) is 11.8 Å². The normalized spacial score (nSPS) is 24.7. The Morgan fingerprint density at radius 2 is 2.00 bits per heavy atom. The molecule has 0 spiro atoms. The summed E-state index contributed by atoms with van der Waals surface area (Å²) in [6.07, 6.45) is 8.20. The first-order valence-corrected chi connectivity index (χ1v) is 12.3. The van der Waals surface area contributed by atoms with E-state index < -0.39 is 0 Å². The van der Waals surface area contributed by atoms with Crippen LogP contribution in [0.4, 0.5) is 0 Å². The molecule has 1 amide bonds. The van der Waals surface area contributed by atoms with Gasteiger partial charge in [-0.05, 0) is 101 Å². The summed E-state index contributed by atoms with van der Waals surface area (Å²) < 4.78 is 6.56. The first-order valence-electron chi connectivity index (χ1n) is 11.5. The van der Waals surface area contributed by atoms with E-state index in [1.165, 1.54) is 55.4 Å². The van der Waals surface area contributed by atoms with Gasteiger partial charge in [-0.25, -0.2) is 0 Å². The van der Waals surface area contributed by atoms with E-state index in [0.717, 1.165) is 30.9 Å². The molecule has 2 fully saturated rings. The number of halogens is 1. The Kier molecular flexibility index (Phi) is 9.02. The van der Waals surface area contributed by atoms with Crippen molar-refractivity contribution in [2.45, 2.75) is 57.9 Å². The summed E-state index contributed by atoms with van der Waals surface area (Å²) in [5.74, 6) is 2.30. The average Bonchev–Trinajstić information content (AvgIpc) is 3.22. The second-order valence-electron chi connectivity index (χ2n) is 8.92.